The van der Waals surface area contributed by atoms with Gasteiger partial charge in [-0.1, -0.05) is 41.4 Å². The highest BCUT2D eigenvalue weighted by Gasteiger charge is 2.26. The van der Waals surface area contributed by atoms with Gasteiger partial charge in [0.25, 0.3) is 5.90 Å². The summed E-state index contributed by atoms with van der Waals surface area (Å²) in [5.74, 6) is 0.796. The minimum atomic E-state index is -0.573. The fourth-order valence-corrected chi connectivity index (χ4v) is 3.15. The van der Waals surface area contributed by atoms with Crippen molar-refractivity contribution in [1.29, 1.82) is 0 Å². The molecule has 1 aliphatic rings. The summed E-state index contributed by atoms with van der Waals surface area (Å²) in [6.07, 6.45) is 3.05. The van der Waals surface area contributed by atoms with Gasteiger partial charge in [-0.3, -0.25) is 0 Å². The fraction of sp³-hybridized carbons (Fsp3) is 0.130. The lowest BCUT2D eigenvalue weighted by molar-refractivity contribution is -0.130. The maximum absolute atomic E-state index is 12.1. The van der Waals surface area contributed by atoms with Crippen LogP contribution >= 0.6 is 11.6 Å². The Hall–Kier alpha value is -3.51. The number of methoxy groups -OCH3 is 1. The number of carbonyl (C=O) groups excluding carboxylic acids is 1. The van der Waals surface area contributed by atoms with E-state index in [1.807, 2.05) is 31.2 Å². The van der Waals surface area contributed by atoms with Crippen molar-refractivity contribution in [1.82, 2.24) is 0 Å². The van der Waals surface area contributed by atoms with Crippen molar-refractivity contribution in [3.63, 3.8) is 0 Å². The van der Waals surface area contributed by atoms with Crippen LogP contribution in [0.3, 0.4) is 0 Å². The predicted octanol–water partition coefficient (Wildman–Crippen LogP) is 5.17. The molecule has 30 heavy (non-hydrogen) atoms. The van der Waals surface area contributed by atoms with Gasteiger partial charge in [0, 0.05) is 0 Å². The molecule has 1 aromatic heterocycles. The number of nitrogens with zero attached hydrogens (tertiary/aromatic N) is 1. The minimum Gasteiger partial charge on any atom is -0.493 e. The fourth-order valence-electron chi connectivity index (χ4n) is 2.88. The second kappa shape index (κ2) is 8.47. The Bertz CT molecular complexity index is 1130. The third-order valence-electron chi connectivity index (χ3n) is 4.41. The van der Waals surface area contributed by atoms with Crippen molar-refractivity contribution in [3.8, 4) is 11.5 Å². The number of benzene rings is 2. The van der Waals surface area contributed by atoms with E-state index in [4.69, 9.17) is 30.2 Å². The molecule has 0 aliphatic carbocycles. The predicted molar refractivity (Wildman–Crippen MR) is 113 cm³/mol. The van der Waals surface area contributed by atoms with Gasteiger partial charge in [-0.2, -0.15) is 0 Å². The number of carbonyl (C=O) groups is 1. The van der Waals surface area contributed by atoms with Crippen LogP contribution in [0.1, 0.15) is 22.5 Å². The maximum atomic E-state index is 12.1. The van der Waals surface area contributed by atoms with E-state index < -0.39 is 5.97 Å². The lowest BCUT2D eigenvalue weighted by atomic mass is 10.1. The Balaban J connectivity index is 1.58. The highest BCUT2D eigenvalue weighted by atomic mass is 35.5. The van der Waals surface area contributed by atoms with Crippen molar-refractivity contribution >= 4 is 29.5 Å². The summed E-state index contributed by atoms with van der Waals surface area (Å²) in [6.45, 7) is 2.37. The van der Waals surface area contributed by atoms with Gasteiger partial charge >= 0.3 is 5.97 Å². The second-order valence-electron chi connectivity index (χ2n) is 6.62. The van der Waals surface area contributed by atoms with Gasteiger partial charge in [0.2, 0.25) is 0 Å². The Morgan fingerprint density at radius 2 is 1.97 bits per heavy atom. The quantitative estimate of drug-likeness (QED) is 0.404. The molecule has 7 heteroatoms. The highest BCUT2D eigenvalue weighted by molar-refractivity contribution is 6.32. The van der Waals surface area contributed by atoms with Crippen molar-refractivity contribution in [3.05, 3.63) is 88.0 Å². The average molecular weight is 424 g/mol. The molecule has 0 saturated carbocycles. The molecular formula is C23H18ClNO5. The number of aliphatic imine (C=N–C) groups is 1. The SMILES string of the molecule is COc1cc(/C=C2\N=C(c3ccco3)OC2=O)cc(Cl)c1OCc1ccc(C)cc1. The molecule has 152 valence electrons. The number of hydrogen-bond acceptors (Lipinski definition) is 6. The summed E-state index contributed by atoms with van der Waals surface area (Å²) in [6, 6.07) is 14.8. The first-order valence-electron chi connectivity index (χ1n) is 9.16. The number of hydrogen-bond donors (Lipinski definition) is 0. The van der Waals surface area contributed by atoms with E-state index in [2.05, 4.69) is 4.99 Å². The Morgan fingerprint density at radius 1 is 1.17 bits per heavy atom. The molecule has 0 atom stereocenters. The lowest BCUT2D eigenvalue weighted by Gasteiger charge is -2.13. The lowest BCUT2D eigenvalue weighted by Crippen LogP contribution is -2.04. The van der Waals surface area contributed by atoms with Gasteiger partial charge < -0.3 is 18.6 Å². The van der Waals surface area contributed by atoms with Crippen molar-refractivity contribution < 1.29 is 23.4 Å². The van der Waals surface area contributed by atoms with Crippen LogP contribution in [0, 0.1) is 6.92 Å². The van der Waals surface area contributed by atoms with Gasteiger partial charge in [-0.15, -0.1) is 0 Å². The van der Waals surface area contributed by atoms with Gasteiger partial charge in [0.1, 0.15) is 6.61 Å². The molecule has 0 bridgehead atoms. The summed E-state index contributed by atoms with van der Waals surface area (Å²) >= 11 is 6.44. The van der Waals surface area contributed by atoms with Crippen LogP contribution in [-0.2, 0) is 16.1 Å². The number of rotatable bonds is 6. The molecule has 0 unspecified atom stereocenters. The minimum absolute atomic E-state index is 0.118. The molecule has 3 aromatic rings. The number of esters is 1. The molecule has 0 saturated heterocycles. The average Bonchev–Trinajstić information content (AvgIpc) is 3.38. The first kappa shape index (κ1) is 19.8. The van der Waals surface area contributed by atoms with E-state index in [9.17, 15) is 4.79 Å². The summed E-state index contributed by atoms with van der Waals surface area (Å²) in [5.41, 5.74) is 2.94. The van der Waals surface area contributed by atoms with E-state index in [0.29, 0.717) is 34.5 Å². The van der Waals surface area contributed by atoms with Gasteiger partial charge in [0.05, 0.1) is 18.4 Å². The summed E-state index contributed by atoms with van der Waals surface area (Å²) in [5, 5.41) is 0.356. The monoisotopic (exact) mass is 423 g/mol. The molecule has 0 radical (unpaired) electrons. The molecule has 6 nitrogen and oxygen atoms in total. The third-order valence-corrected chi connectivity index (χ3v) is 4.69. The van der Waals surface area contributed by atoms with Gasteiger partial charge in [-0.05, 0) is 48.4 Å². The Morgan fingerprint density at radius 3 is 2.67 bits per heavy atom. The standard InChI is InChI=1S/C23H18ClNO5/c1-14-5-7-15(8-6-14)13-29-21-17(24)10-16(12-20(21)27-2)11-18-23(26)30-22(25-18)19-4-3-9-28-19/h3-12H,13H2,1-2H3/b18-11-. The zero-order valence-corrected chi connectivity index (χ0v) is 17.1. The Kier molecular flexibility index (Phi) is 5.59. The molecule has 0 N–H and O–H groups in total. The first-order chi connectivity index (χ1) is 14.5. The molecule has 0 spiro atoms. The van der Waals surface area contributed by atoms with Crippen LogP contribution in [0.5, 0.6) is 11.5 Å². The number of aryl methyl sites for hydroxylation is 1. The molecule has 2 aromatic carbocycles. The number of cyclic esters (lactones) is 1. The Labute approximate surface area is 178 Å². The maximum Gasteiger partial charge on any atom is 0.363 e. The van der Waals surface area contributed by atoms with Crippen LogP contribution in [0.15, 0.2) is 69.9 Å². The van der Waals surface area contributed by atoms with Crippen molar-refractivity contribution in [2.45, 2.75) is 13.5 Å². The molecule has 1 aliphatic heterocycles. The number of furan rings is 1. The van der Waals surface area contributed by atoms with Crippen LogP contribution in [0.25, 0.3) is 6.08 Å². The largest absolute Gasteiger partial charge is 0.493 e. The summed E-state index contributed by atoms with van der Waals surface area (Å²) in [7, 11) is 1.53. The summed E-state index contributed by atoms with van der Waals surface area (Å²) in [4.78, 5) is 16.3. The van der Waals surface area contributed by atoms with E-state index >= 15 is 0 Å². The van der Waals surface area contributed by atoms with Crippen LogP contribution in [0.2, 0.25) is 5.02 Å². The zero-order valence-electron chi connectivity index (χ0n) is 16.3. The molecular weight excluding hydrogens is 406 g/mol. The van der Waals surface area contributed by atoms with Crippen LogP contribution in [0.4, 0.5) is 0 Å². The topological polar surface area (TPSA) is 70.3 Å². The molecule has 0 amide bonds. The smallest absolute Gasteiger partial charge is 0.363 e. The molecule has 2 heterocycles. The summed E-state index contributed by atoms with van der Waals surface area (Å²) < 4.78 is 21.7. The van der Waals surface area contributed by atoms with Crippen molar-refractivity contribution in [2.24, 2.45) is 4.99 Å². The molecule has 0 fully saturated rings. The molecule has 4 rings (SSSR count). The second-order valence-corrected chi connectivity index (χ2v) is 7.03. The van der Waals surface area contributed by atoms with Gasteiger partial charge in [0.15, 0.2) is 23.0 Å². The number of ether oxygens (including phenoxy) is 3. The van der Waals surface area contributed by atoms with Crippen molar-refractivity contribution in [2.75, 3.05) is 7.11 Å². The van der Waals surface area contributed by atoms with Gasteiger partial charge in [-0.25, -0.2) is 9.79 Å². The number of halogens is 1. The van der Waals surface area contributed by atoms with E-state index in [1.54, 1.807) is 30.3 Å². The highest BCUT2D eigenvalue weighted by Crippen LogP contribution is 2.38. The van der Waals surface area contributed by atoms with E-state index in [-0.39, 0.29) is 11.6 Å². The van der Waals surface area contributed by atoms with Crippen LogP contribution < -0.4 is 9.47 Å². The van der Waals surface area contributed by atoms with E-state index in [0.717, 1.165) is 5.56 Å². The third kappa shape index (κ3) is 4.23. The first-order valence-corrected chi connectivity index (χ1v) is 9.53. The zero-order chi connectivity index (χ0) is 21.1. The van der Waals surface area contributed by atoms with Crippen LogP contribution in [-0.4, -0.2) is 19.0 Å². The normalized spacial score (nSPS) is 14.6. The van der Waals surface area contributed by atoms with E-state index in [1.165, 1.54) is 18.9 Å².